The van der Waals surface area contributed by atoms with Gasteiger partial charge in [0.25, 0.3) is 0 Å². The van der Waals surface area contributed by atoms with Gasteiger partial charge < -0.3 is 25.7 Å². The first-order chi connectivity index (χ1) is 20.0. The SMILES string of the molecule is CC(=O)CCCCC[C@H](NC(=O)CNCc1ccccc1)C(=O)NCCc1c(-c2ccccc2)[nH]c2ccccc12. The van der Waals surface area contributed by atoms with E-state index in [1.807, 2.05) is 60.7 Å². The highest BCUT2D eigenvalue weighted by Crippen LogP contribution is 2.30. The first-order valence-electron chi connectivity index (χ1n) is 14.5. The third-order valence-electron chi connectivity index (χ3n) is 7.18. The van der Waals surface area contributed by atoms with Gasteiger partial charge in [-0.3, -0.25) is 9.59 Å². The number of hydrogen-bond acceptors (Lipinski definition) is 4. The maximum atomic E-state index is 13.3. The fourth-order valence-corrected chi connectivity index (χ4v) is 5.07. The number of carbonyl (C=O) groups excluding carboxylic acids is 3. The van der Waals surface area contributed by atoms with Crippen molar-refractivity contribution in [3.05, 3.63) is 96.1 Å². The number of aromatic amines is 1. The van der Waals surface area contributed by atoms with Crippen molar-refractivity contribution in [1.82, 2.24) is 20.9 Å². The Morgan fingerprint density at radius 3 is 2.29 bits per heavy atom. The molecular formula is C34H40N4O3. The molecule has 0 aliphatic heterocycles. The van der Waals surface area contributed by atoms with Gasteiger partial charge in [0.15, 0.2) is 0 Å². The molecule has 0 saturated heterocycles. The summed E-state index contributed by atoms with van der Waals surface area (Å²) in [6.07, 6.45) is 4.10. The number of nitrogens with one attached hydrogen (secondary N) is 4. The Morgan fingerprint density at radius 2 is 1.54 bits per heavy atom. The average Bonchev–Trinajstić information content (AvgIpc) is 3.35. The molecule has 0 bridgehead atoms. The summed E-state index contributed by atoms with van der Waals surface area (Å²) < 4.78 is 0. The number of aromatic nitrogens is 1. The Balaban J connectivity index is 1.36. The molecule has 1 atom stereocenters. The van der Waals surface area contributed by atoms with E-state index in [1.165, 1.54) is 0 Å². The lowest BCUT2D eigenvalue weighted by Crippen LogP contribution is -2.49. The molecule has 4 rings (SSSR count). The zero-order valence-corrected chi connectivity index (χ0v) is 23.7. The van der Waals surface area contributed by atoms with Crippen molar-refractivity contribution in [2.45, 2.75) is 58.0 Å². The monoisotopic (exact) mass is 552 g/mol. The topological polar surface area (TPSA) is 103 Å². The smallest absolute Gasteiger partial charge is 0.242 e. The summed E-state index contributed by atoms with van der Waals surface area (Å²) in [5, 5.41) is 10.3. The maximum Gasteiger partial charge on any atom is 0.242 e. The average molecular weight is 553 g/mol. The molecule has 3 aromatic carbocycles. The fourth-order valence-electron chi connectivity index (χ4n) is 5.07. The van der Waals surface area contributed by atoms with Gasteiger partial charge in [-0.2, -0.15) is 0 Å². The zero-order chi connectivity index (χ0) is 28.9. The number of fused-ring (bicyclic) bond motifs is 1. The summed E-state index contributed by atoms with van der Waals surface area (Å²) in [4.78, 5) is 40.8. The van der Waals surface area contributed by atoms with Gasteiger partial charge in [-0.25, -0.2) is 0 Å². The van der Waals surface area contributed by atoms with Crippen molar-refractivity contribution < 1.29 is 14.4 Å². The third-order valence-corrected chi connectivity index (χ3v) is 7.18. The minimum atomic E-state index is -0.630. The summed E-state index contributed by atoms with van der Waals surface area (Å²) in [5.41, 5.74) is 5.46. The van der Waals surface area contributed by atoms with E-state index in [4.69, 9.17) is 0 Å². The second kappa shape index (κ2) is 15.5. The van der Waals surface area contributed by atoms with E-state index in [0.717, 1.165) is 52.5 Å². The van der Waals surface area contributed by atoms with Crippen LogP contribution in [0.3, 0.4) is 0 Å². The highest BCUT2D eigenvalue weighted by molar-refractivity contribution is 5.91. The lowest BCUT2D eigenvalue weighted by molar-refractivity contribution is -0.128. The van der Waals surface area contributed by atoms with E-state index in [1.54, 1.807) is 6.92 Å². The molecule has 41 heavy (non-hydrogen) atoms. The lowest BCUT2D eigenvalue weighted by atomic mass is 10.0. The molecule has 0 fully saturated rings. The van der Waals surface area contributed by atoms with Crippen LogP contribution < -0.4 is 16.0 Å². The molecule has 4 aromatic rings. The van der Waals surface area contributed by atoms with Crippen LogP contribution in [0.15, 0.2) is 84.9 Å². The fraction of sp³-hybridized carbons (Fsp3) is 0.324. The Hall–Kier alpha value is -4.23. The summed E-state index contributed by atoms with van der Waals surface area (Å²) in [5.74, 6) is -0.230. The summed E-state index contributed by atoms with van der Waals surface area (Å²) >= 11 is 0. The van der Waals surface area contributed by atoms with Gasteiger partial charge in [-0.05, 0) is 48.9 Å². The van der Waals surface area contributed by atoms with Crippen LogP contribution in [-0.2, 0) is 27.3 Å². The predicted octanol–water partition coefficient (Wildman–Crippen LogP) is 5.31. The number of para-hydroxylation sites is 1. The van der Waals surface area contributed by atoms with Crippen molar-refractivity contribution in [3.63, 3.8) is 0 Å². The molecule has 0 unspecified atom stereocenters. The van der Waals surface area contributed by atoms with Crippen LogP contribution in [-0.4, -0.2) is 41.7 Å². The molecule has 1 aromatic heterocycles. The normalized spacial score (nSPS) is 11.7. The van der Waals surface area contributed by atoms with Crippen molar-refractivity contribution in [3.8, 4) is 11.3 Å². The highest BCUT2D eigenvalue weighted by atomic mass is 16.2. The molecular weight excluding hydrogens is 512 g/mol. The summed E-state index contributed by atoms with van der Waals surface area (Å²) in [6, 6.07) is 27.6. The van der Waals surface area contributed by atoms with Gasteiger partial charge in [0.2, 0.25) is 11.8 Å². The van der Waals surface area contributed by atoms with Gasteiger partial charge in [0.05, 0.1) is 6.54 Å². The largest absolute Gasteiger partial charge is 0.354 e. The Morgan fingerprint density at radius 1 is 0.829 bits per heavy atom. The number of hydrogen-bond donors (Lipinski definition) is 4. The predicted molar refractivity (Wildman–Crippen MR) is 164 cm³/mol. The second-order valence-electron chi connectivity index (χ2n) is 10.4. The zero-order valence-electron chi connectivity index (χ0n) is 23.7. The van der Waals surface area contributed by atoms with Crippen molar-refractivity contribution in [1.29, 1.82) is 0 Å². The molecule has 2 amide bonds. The van der Waals surface area contributed by atoms with Crippen LogP contribution in [0.5, 0.6) is 0 Å². The Bertz CT molecular complexity index is 1420. The standard InChI is InChI=1S/C34H40N4O3/c1-25(39)13-5-2-10-20-31(37-32(40)24-35-23-26-14-6-3-7-15-26)34(41)36-22-21-29-28-18-11-12-19-30(28)38-33(29)27-16-8-4-9-17-27/h3-4,6-9,11-12,14-19,31,35,38H,2,5,10,13,20-24H2,1H3,(H,36,41)(H,37,40)/t31-/m0/s1. The molecule has 0 saturated carbocycles. The van der Waals surface area contributed by atoms with Crippen LogP contribution >= 0.6 is 0 Å². The Labute approximate surface area is 242 Å². The lowest BCUT2D eigenvalue weighted by Gasteiger charge is -2.19. The molecule has 0 spiro atoms. The van der Waals surface area contributed by atoms with Crippen LogP contribution in [0.1, 0.15) is 50.2 Å². The molecule has 0 radical (unpaired) electrons. The van der Waals surface area contributed by atoms with Gasteiger partial charge in [0.1, 0.15) is 11.8 Å². The van der Waals surface area contributed by atoms with E-state index < -0.39 is 6.04 Å². The van der Waals surface area contributed by atoms with E-state index >= 15 is 0 Å². The minimum absolute atomic E-state index is 0.124. The number of benzene rings is 3. The number of unbranched alkanes of at least 4 members (excludes halogenated alkanes) is 2. The molecule has 0 aliphatic rings. The molecule has 1 heterocycles. The summed E-state index contributed by atoms with van der Waals surface area (Å²) in [6.45, 7) is 2.74. The van der Waals surface area contributed by atoms with Crippen molar-refractivity contribution in [2.75, 3.05) is 13.1 Å². The first-order valence-corrected chi connectivity index (χ1v) is 14.5. The quantitative estimate of drug-likeness (QED) is 0.142. The number of Topliss-reactive ketones (excluding diaryl/α,β-unsaturated/α-hetero) is 1. The maximum absolute atomic E-state index is 13.3. The van der Waals surface area contributed by atoms with Crippen LogP contribution in [0.4, 0.5) is 0 Å². The van der Waals surface area contributed by atoms with Gasteiger partial charge in [-0.15, -0.1) is 0 Å². The van der Waals surface area contributed by atoms with Gasteiger partial charge >= 0.3 is 0 Å². The minimum Gasteiger partial charge on any atom is -0.354 e. The van der Waals surface area contributed by atoms with E-state index in [0.29, 0.717) is 32.4 Å². The van der Waals surface area contributed by atoms with Gasteiger partial charge in [-0.1, -0.05) is 91.7 Å². The molecule has 0 aliphatic carbocycles. The number of rotatable bonds is 16. The van der Waals surface area contributed by atoms with Gasteiger partial charge in [0, 0.05) is 36.1 Å². The number of H-pyrrole nitrogens is 1. The number of amides is 2. The number of ketones is 1. The molecule has 7 nitrogen and oxygen atoms in total. The summed E-state index contributed by atoms with van der Waals surface area (Å²) in [7, 11) is 0. The third kappa shape index (κ3) is 9.15. The van der Waals surface area contributed by atoms with Crippen molar-refractivity contribution in [2.24, 2.45) is 0 Å². The highest BCUT2D eigenvalue weighted by Gasteiger charge is 2.21. The molecule has 214 valence electrons. The van der Waals surface area contributed by atoms with E-state index in [2.05, 4.69) is 45.2 Å². The molecule has 7 heteroatoms. The van der Waals surface area contributed by atoms with E-state index in [9.17, 15) is 14.4 Å². The van der Waals surface area contributed by atoms with Crippen LogP contribution in [0.25, 0.3) is 22.2 Å². The van der Waals surface area contributed by atoms with Crippen LogP contribution in [0.2, 0.25) is 0 Å². The van der Waals surface area contributed by atoms with E-state index in [-0.39, 0.29) is 24.1 Å². The van der Waals surface area contributed by atoms with Crippen molar-refractivity contribution >= 4 is 28.5 Å². The first kappa shape index (κ1) is 29.7. The Kier molecular flexibility index (Phi) is 11.3. The number of carbonyl (C=O) groups is 3. The van der Waals surface area contributed by atoms with Crippen LogP contribution in [0, 0.1) is 0 Å². The second-order valence-corrected chi connectivity index (χ2v) is 10.4. The molecule has 4 N–H and O–H groups in total.